The highest BCUT2D eigenvalue weighted by molar-refractivity contribution is 6.11. The number of furan rings is 1. The van der Waals surface area contributed by atoms with Crippen LogP contribution in [0.5, 0.6) is 0 Å². The number of para-hydroxylation sites is 3. The van der Waals surface area contributed by atoms with Gasteiger partial charge < -0.3 is 9.32 Å². The van der Waals surface area contributed by atoms with E-state index in [2.05, 4.69) is 18.2 Å². The van der Waals surface area contributed by atoms with Crippen LogP contribution in [-0.4, -0.2) is 0 Å². The van der Waals surface area contributed by atoms with E-state index < -0.39 is 24.2 Å². The average Bonchev–Trinajstić information content (AvgIpc) is 3.74. The highest BCUT2D eigenvalue weighted by Crippen LogP contribution is 2.45. The van der Waals surface area contributed by atoms with Gasteiger partial charge >= 0.3 is 0 Å². The van der Waals surface area contributed by atoms with Gasteiger partial charge in [-0.15, -0.1) is 0 Å². The van der Waals surface area contributed by atoms with Gasteiger partial charge in [0.2, 0.25) is 0 Å². The molecular formula is C56H37NO. The van der Waals surface area contributed by atoms with E-state index in [-0.39, 0.29) is 46.7 Å². The molecular weight excluding hydrogens is 703 g/mol. The number of hydrogen-bond acceptors (Lipinski definition) is 2. The van der Waals surface area contributed by atoms with Crippen LogP contribution in [-0.2, 0) is 0 Å². The number of nitrogens with zero attached hydrogens (tertiary/aromatic N) is 1. The first-order chi connectivity index (χ1) is 32.1. The van der Waals surface area contributed by atoms with E-state index in [1.807, 2.05) is 127 Å². The van der Waals surface area contributed by atoms with E-state index in [4.69, 9.17) is 4.42 Å². The standard InChI is InChI=1S/C56H37NO/c1-3-16-46-40(12-1)14-9-20-48(46)42-28-26-38(27-29-42)39-30-34-44(35-31-39)57(45-36-32-43(33-37-45)49-21-10-15-41-13-2-4-17-47(41)49)54-24-7-5-18-50(54)52-22-11-23-53-51-19-6-8-25-55(51)58-56(52)53/h1-37H/i30D,31D,32D,33D,34D,35D,36D,37D. The van der Waals surface area contributed by atoms with Gasteiger partial charge in [-0.3, -0.25) is 0 Å². The Labute approximate surface area is 348 Å². The second-order valence-electron chi connectivity index (χ2n) is 14.2. The summed E-state index contributed by atoms with van der Waals surface area (Å²) in [5, 5.41) is 5.58. The highest BCUT2D eigenvalue weighted by Gasteiger charge is 2.21. The molecule has 0 aliphatic heterocycles. The second-order valence-corrected chi connectivity index (χ2v) is 14.2. The molecule has 0 amide bonds. The lowest BCUT2D eigenvalue weighted by Gasteiger charge is -2.28. The van der Waals surface area contributed by atoms with Gasteiger partial charge in [0.05, 0.1) is 16.7 Å². The zero-order valence-corrected chi connectivity index (χ0v) is 31.1. The van der Waals surface area contributed by atoms with Gasteiger partial charge in [0.15, 0.2) is 0 Å². The van der Waals surface area contributed by atoms with Crippen molar-refractivity contribution in [2.45, 2.75) is 0 Å². The third-order valence-corrected chi connectivity index (χ3v) is 10.8. The van der Waals surface area contributed by atoms with E-state index in [1.54, 1.807) is 30.3 Å². The molecule has 0 unspecified atom stereocenters. The zero-order valence-electron chi connectivity index (χ0n) is 39.1. The Hall–Kier alpha value is -7.68. The zero-order chi connectivity index (χ0) is 45.4. The first-order valence-corrected chi connectivity index (χ1v) is 19.2. The molecule has 1 aromatic heterocycles. The van der Waals surface area contributed by atoms with Crippen LogP contribution >= 0.6 is 0 Å². The van der Waals surface area contributed by atoms with Gasteiger partial charge in [-0.1, -0.05) is 188 Å². The molecule has 11 rings (SSSR count). The van der Waals surface area contributed by atoms with Crippen molar-refractivity contribution in [2.24, 2.45) is 0 Å². The predicted molar refractivity (Wildman–Crippen MR) is 245 cm³/mol. The minimum atomic E-state index is -0.420. The Bertz CT molecular complexity index is 3700. The fourth-order valence-corrected chi connectivity index (χ4v) is 8.06. The molecule has 0 fully saturated rings. The van der Waals surface area contributed by atoms with Crippen LogP contribution in [0.25, 0.3) is 88.0 Å². The van der Waals surface area contributed by atoms with Crippen LogP contribution in [0.1, 0.15) is 11.0 Å². The first kappa shape index (κ1) is 26.2. The maximum atomic E-state index is 9.75. The number of fused-ring (bicyclic) bond motifs is 5. The van der Waals surface area contributed by atoms with Crippen molar-refractivity contribution >= 4 is 60.5 Å². The summed E-state index contributed by atoms with van der Waals surface area (Å²) >= 11 is 0. The van der Waals surface area contributed by atoms with Gasteiger partial charge in [0, 0.05) is 33.3 Å². The van der Waals surface area contributed by atoms with E-state index in [1.165, 1.54) is 4.90 Å². The smallest absolute Gasteiger partial charge is 0.143 e. The minimum Gasteiger partial charge on any atom is -0.455 e. The number of hydrogen-bond donors (Lipinski definition) is 0. The lowest BCUT2D eigenvalue weighted by atomic mass is 9.96. The highest BCUT2D eigenvalue weighted by atomic mass is 16.3. The fraction of sp³-hybridized carbons (Fsp3) is 0. The molecule has 2 heteroatoms. The third-order valence-electron chi connectivity index (χ3n) is 10.8. The molecule has 58 heavy (non-hydrogen) atoms. The van der Waals surface area contributed by atoms with Gasteiger partial charge in [0.25, 0.3) is 0 Å². The molecule has 0 bridgehead atoms. The summed E-state index contributed by atoms with van der Waals surface area (Å²) < 4.78 is 83.7. The monoisotopic (exact) mass is 747 g/mol. The molecule has 1 heterocycles. The summed E-state index contributed by atoms with van der Waals surface area (Å²) in [6.07, 6.45) is 0. The molecule has 10 aromatic carbocycles. The second kappa shape index (κ2) is 14.1. The van der Waals surface area contributed by atoms with Crippen molar-refractivity contribution in [1.82, 2.24) is 0 Å². The lowest BCUT2D eigenvalue weighted by Crippen LogP contribution is -2.11. The van der Waals surface area contributed by atoms with Gasteiger partial charge in [-0.2, -0.15) is 0 Å². The van der Waals surface area contributed by atoms with E-state index in [0.29, 0.717) is 39.1 Å². The average molecular weight is 748 g/mol. The number of rotatable bonds is 7. The third kappa shape index (κ3) is 5.82. The predicted octanol–water partition coefficient (Wildman–Crippen LogP) is 16.0. The summed E-state index contributed by atoms with van der Waals surface area (Å²) in [6, 6.07) is 52.4. The Morgan fingerprint density at radius 3 is 1.48 bits per heavy atom. The van der Waals surface area contributed by atoms with Crippen LogP contribution in [0.2, 0.25) is 0 Å². The molecule has 0 atom stereocenters. The molecule has 0 saturated carbocycles. The lowest BCUT2D eigenvalue weighted by molar-refractivity contribution is 0.670. The number of benzene rings is 10. The largest absolute Gasteiger partial charge is 0.455 e. The van der Waals surface area contributed by atoms with E-state index in [9.17, 15) is 11.0 Å². The van der Waals surface area contributed by atoms with Crippen LogP contribution in [0, 0.1) is 0 Å². The minimum absolute atomic E-state index is 0.0874. The molecule has 0 saturated heterocycles. The van der Waals surface area contributed by atoms with Crippen LogP contribution < -0.4 is 4.90 Å². The normalized spacial score (nSPS) is 13.4. The summed E-state index contributed by atoms with van der Waals surface area (Å²) in [7, 11) is 0. The molecule has 272 valence electrons. The summed E-state index contributed by atoms with van der Waals surface area (Å²) in [4.78, 5) is 1.37. The van der Waals surface area contributed by atoms with Crippen molar-refractivity contribution in [3.63, 3.8) is 0 Å². The molecule has 0 aliphatic rings. The Morgan fingerprint density at radius 1 is 0.328 bits per heavy atom. The van der Waals surface area contributed by atoms with Crippen LogP contribution in [0.3, 0.4) is 0 Å². The number of anilines is 3. The Kier molecular flexibility index (Phi) is 6.38. The summed E-state index contributed by atoms with van der Waals surface area (Å²) in [5.41, 5.74) is 5.43. The summed E-state index contributed by atoms with van der Waals surface area (Å²) in [5.74, 6) is 0. The quantitative estimate of drug-likeness (QED) is 0.161. The maximum Gasteiger partial charge on any atom is 0.143 e. The molecule has 0 aliphatic carbocycles. The van der Waals surface area contributed by atoms with Crippen molar-refractivity contribution in [3.05, 3.63) is 224 Å². The van der Waals surface area contributed by atoms with Gasteiger partial charge in [-0.05, 0) is 91.2 Å². The topological polar surface area (TPSA) is 16.4 Å². The van der Waals surface area contributed by atoms with Crippen molar-refractivity contribution in [3.8, 4) is 44.5 Å². The van der Waals surface area contributed by atoms with Gasteiger partial charge in [0.1, 0.15) is 11.2 Å². The summed E-state index contributed by atoms with van der Waals surface area (Å²) in [6.45, 7) is 0. The van der Waals surface area contributed by atoms with Crippen LogP contribution in [0.15, 0.2) is 229 Å². The van der Waals surface area contributed by atoms with E-state index in [0.717, 1.165) is 43.4 Å². The van der Waals surface area contributed by atoms with Crippen molar-refractivity contribution in [2.75, 3.05) is 4.90 Å². The Balaban J connectivity index is 1.15. The molecule has 0 spiro atoms. The maximum absolute atomic E-state index is 9.75. The molecule has 2 nitrogen and oxygen atoms in total. The molecule has 11 aromatic rings. The molecule has 0 radical (unpaired) electrons. The van der Waals surface area contributed by atoms with Gasteiger partial charge in [-0.25, -0.2) is 0 Å². The fourth-order valence-electron chi connectivity index (χ4n) is 8.06. The SMILES string of the molecule is [2H]c1c([2H])c(N(c2ccccc2-c2cccc3c2oc2ccccc23)c2c([2H])c([2H])c(-c3cccc4ccccc34)c([2H])c2[2H])c([2H])c([2H])c1-c1ccc(-c2cccc3ccccc23)cc1. The van der Waals surface area contributed by atoms with Crippen LogP contribution in [0.4, 0.5) is 17.1 Å². The van der Waals surface area contributed by atoms with Crippen molar-refractivity contribution < 1.29 is 15.4 Å². The Morgan fingerprint density at radius 2 is 0.793 bits per heavy atom. The first-order valence-electron chi connectivity index (χ1n) is 23.2. The molecule has 0 N–H and O–H groups in total. The van der Waals surface area contributed by atoms with E-state index >= 15 is 0 Å². The van der Waals surface area contributed by atoms with Crippen molar-refractivity contribution in [1.29, 1.82) is 0 Å².